The minimum Gasteiger partial charge on any atom is -0.310 e. The Morgan fingerprint density at radius 2 is 0.500 bits per heavy atom. The lowest BCUT2D eigenvalue weighted by Crippen LogP contribution is -2.10. The number of fused-ring (bicyclic) bond motifs is 6. The van der Waals surface area contributed by atoms with Crippen molar-refractivity contribution in [2.24, 2.45) is 0 Å². The zero-order chi connectivity index (χ0) is 34.2. The summed E-state index contributed by atoms with van der Waals surface area (Å²) < 4.78 is 0. The highest BCUT2D eigenvalue weighted by molar-refractivity contribution is 6.38. The van der Waals surface area contributed by atoms with E-state index >= 15 is 0 Å². The van der Waals surface area contributed by atoms with Crippen molar-refractivity contribution in [3.63, 3.8) is 0 Å². The molecule has 0 aliphatic heterocycles. The third-order valence-corrected chi connectivity index (χ3v) is 10.9. The van der Waals surface area contributed by atoms with Gasteiger partial charge in [0.1, 0.15) is 0 Å². The number of nitrogens with zero attached hydrogens (tertiary/aromatic N) is 2. The van der Waals surface area contributed by atoms with E-state index in [0.717, 1.165) is 22.7 Å². The molecule has 0 radical (unpaired) electrons. The molecule has 11 rings (SSSR count). The molecule has 0 saturated heterocycles. The molecule has 0 aliphatic rings. The molecule has 0 N–H and O–H groups in total. The highest BCUT2D eigenvalue weighted by Gasteiger charge is 2.23. The minimum atomic E-state index is 1.14. The van der Waals surface area contributed by atoms with Gasteiger partial charge in [-0.15, -0.1) is 0 Å². The second-order valence-corrected chi connectivity index (χ2v) is 13.7. The summed E-state index contributed by atoms with van der Waals surface area (Å²) in [6, 6.07) is 70.7. The topological polar surface area (TPSA) is 6.48 Å². The summed E-state index contributed by atoms with van der Waals surface area (Å²) in [6.07, 6.45) is 0. The van der Waals surface area contributed by atoms with Gasteiger partial charge >= 0.3 is 0 Å². The molecule has 0 unspecified atom stereocenters. The van der Waals surface area contributed by atoms with E-state index in [0.29, 0.717) is 0 Å². The molecule has 0 aromatic heterocycles. The fraction of sp³-hybridized carbons (Fsp3) is 0. The SMILES string of the molecule is c1ccc(N(c2ccccc2)c2ccc3c4cc5c(cc4c4cccc2c43)c2cccc3c(N(c4ccccc4)c4ccccc4)ccc5c32)cc1. The molecule has 11 aromatic rings. The molecule has 2 heteroatoms. The second-order valence-electron chi connectivity index (χ2n) is 13.7. The van der Waals surface area contributed by atoms with Crippen LogP contribution < -0.4 is 9.80 Å². The van der Waals surface area contributed by atoms with Crippen molar-refractivity contribution < 1.29 is 0 Å². The van der Waals surface area contributed by atoms with Gasteiger partial charge in [0, 0.05) is 33.5 Å². The summed E-state index contributed by atoms with van der Waals surface area (Å²) in [5.74, 6) is 0. The lowest BCUT2D eigenvalue weighted by molar-refractivity contribution is 1.30. The Kier molecular flexibility index (Phi) is 6.28. The zero-order valence-corrected chi connectivity index (χ0v) is 28.4. The minimum absolute atomic E-state index is 1.14. The molecule has 0 atom stereocenters. The predicted molar refractivity (Wildman–Crippen MR) is 223 cm³/mol. The van der Waals surface area contributed by atoms with E-state index in [1.165, 1.54) is 76.0 Å². The van der Waals surface area contributed by atoms with Crippen LogP contribution >= 0.6 is 0 Å². The van der Waals surface area contributed by atoms with E-state index in [1.807, 2.05) is 0 Å². The third-order valence-electron chi connectivity index (χ3n) is 10.9. The van der Waals surface area contributed by atoms with Crippen molar-refractivity contribution in [3.05, 3.63) is 194 Å². The average molecular weight is 661 g/mol. The van der Waals surface area contributed by atoms with Crippen molar-refractivity contribution in [1.29, 1.82) is 0 Å². The van der Waals surface area contributed by atoms with Crippen molar-refractivity contribution >= 4 is 98.8 Å². The van der Waals surface area contributed by atoms with Crippen LogP contribution in [0.3, 0.4) is 0 Å². The molecule has 0 heterocycles. The normalized spacial score (nSPS) is 11.8. The molecular weight excluding hydrogens is 629 g/mol. The van der Waals surface area contributed by atoms with Crippen molar-refractivity contribution in [2.75, 3.05) is 9.80 Å². The largest absolute Gasteiger partial charge is 0.310 e. The van der Waals surface area contributed by atoms with E-state index < -0.39 is 0 Å². The Morgan fingerprint density at radius 3 is 0.827 bits per heavy atom. The Morgan fingerprint density at radius 1 is 0.212 bits per heavy atom. The summed E-state index contributed by atoms with van der Waals surface area (Å²) >= 11 is 0. The number of rotatable bonds is 6. The molecule has 0 bridgehead atoms. The molecule has 242 valence electrons. The van der Waals surface area contributed by atoms with Crippen LogP contribution in [-0.2, 0) is 0 Å². The smallest absolute Gasteiger partial charge is 0.0540 e. The van der Waals surface area contributed by atoms with Gasteiger partial charge in [-0.3, -0.25) is 0 Å². The third kappa shape index (κ3) is 4.19. The van der Waals surface area contributed by atoms with E-state index in [4.69, 9.17) is 0 Å². The monoisotopic (exact) mass is 660 g/mol. The average Bonchev–Trinajstić information content (AvgIpc) is 3.71. The first-order chi connectivity index (χ1) is 25.8. The van der Waals surface area contributed by atoms with Gasteiger partial charge in [0.15, 0.2) is 0 Å². The fourth-order valence-electron chi connectivity index (χ4n) is 8.72. The van der Waals surface area contributed by atoms with Gasteiger partial charge in [0.2, 0.25) is 0 Å². The fourth-order valence-corrected chi connectivity index (χ4v) is 8.72. The van der Waals surface area contributed by atoms with Crippen LogP contribution in [0.5, 0.6) is 0 Å². The van der Waals surface area contributed by atoms with E-state index in [2.05, 4.69) is 204 Å². The number of hydrogen-bond acceptors (Lipinski definition) is 2. The molecule has 11 aromatic carbocycles. The number of para-hydroxylation sites is 4. The summed E-state index contributed by atoms with van der Waals surface area (Å²) in [4.78, 5) is 4.77. The first-order valence-corrected chi connectivity index (χ1v) is 17.9. The van der Waals surface area contributed by atoms with Gasteiger partial charge in [-0.25, -0.2) is 0 Å². The van der Waals surface area contributed by atoms with Gasteiger partial charge in [-0.05, 0) is 127 Å². The molecule has 0 saturated carbocycles. The van der Waals surface area contributed by atoms with Crippen molar-refractivity contribution in [1.82, 2.24) is 0 Å². The number of benzene rings is 9. The van der Waals surface area contributed by atoms with Crippen LogP contribution in [-0.4, -0.2) is 0 Å². The summed E-state index contributed by atoms with van der Waals surface area (Å²) in [6.45, 7) is 0. The Bertz CT molecular complexity index is 2710. The van der Waals surface area contributed by atoms with E-state index in [9.17, 15) is 0 Å². The van der Waals surface area contributed by atoms with Crippen LogP contribution in [0.2, 0.25) is 0 Å². The van der Waals surface area contributed by atoms with E-state index in [-0.39, 0.29) is 0 Å². The summed E-state index contributed by atoms with van der Waals surface area (Å²) in [5.41, 5.74) is 6.94. The molecule has 2 nitrogen and oxygen atoms in total. The van der Waals surface area contributed by atoms with Crippen molar-refractivity contribution in [3.8, 4) is 0 Å². The first-order valence-electron chi connectivity index (χ1n) is 17.9. The molecule has 0 fully saturated rings. The lowest BCUT2D eigenvalue weighted by Gasteiger charge is -2.27. The van der Waals surface area contributed by atoms with Crippen LogP contribution in [0, 0.1) is 0 Å². The lowest BCUT2D eigenvalue weighted by atomic mass is 10.0. The van der Waals surface area contributed by atoms with Gasteiger partial charge < -0.3 is 9.80 Å². The second kappa shape index (κ2) is 11.3. The van der Waals surface area contributed by atoms with Crippen LogP contribution in [0.1, 0.15) is 0 Å². The zero-order valence-electron chi connectivity index (χ0n) is 28.4. The van der Waals surface area contributed by atoms with Gasteiger partial charge in [-0.2, -0.15) is 0 Å². The first kappa shape index (κ1) is 28.9. The van der Waals surface area contributed by atoms with Gasteiger partial charge in [0.05, 0.1) is 11.4 Å². The van der Waals surface area contributed by atoms with E-state index in [1.54, 1.807) is 0 Å². The Labute approximate surface area is 301 Å². The quantitative estimate of drug-likeness (QED) is 0.175. The molecule has 52 heavy (non-hydrogen) atoms. The molecule has 0 spiro atoms. The van der Waals surface area contributed by atoms with Gasteiger partial charge in [-0.1, -0.05) is 121 Å². The van der Waals surface area contributed by atoms with Crippen LogP contribution in [0.15, 0.2) is 194 Å². The Hall–Kier alpha value is -6.90. The molecule has 0 aliphatic carbocycles. The summed E-state index contributed by atoms with van der Waals surface area (Å²) in [5, 5.41) is 15.6. The molecule has 0 amide bonds. The maximum absolute atomic E-state index is 2.46. The number of anilines is 6. The highest BCUT2D eigenvalue weighted by atomic mass is 15.1. The predicted octanol–water partition coefficient (Wildman–Crippen LogP) is 14.4. The van der Waals surface area contributed by atoms with Crippen LogP contribution in [0.25, 0.3) is 64.6 Å². The number of hydrogen-bond donors (Lipinski definition) is 0. The highest BCUT2D eigenvalue weighted by Crippen LogP contribution is 2.50. The molecular formula is C50H32N2. The van der Waals surface area contributed by atoms with Gasteiger partial charge in [0.25, 0.3) is 0 Å². The van der Waals surface area contributed by atoms with Crippen molar-refractivity contribution in [2.45, 2.75) is 0 Å². The van der Waals surface area contributed by atoms with Crippen LogP contribution in [0.4, 0.5) is 34.1 Å². The Balaban J connectivity index is 1.16. The maximum atomic E-state index is 2.46. The summed E-state index contributed by atoms with van der Waals surface area (Å²) in [7, 11) is 0. The maximum Gasteiger partial charge on any atom is 0.0540 e. The standard InChI is InChI=1S/C50H32N2/c1-5-15-33(16-6-1)51(34-17-7-2-8-18-34)47-29-27-39-45-32-46-40-28-30-48(52(35-19-9-3-10-20-35)36-21-11-4-12-22-36)42-26-14-24-38(50(40)42)44(46)31-43(45)37-23-13-25-41(47)49(37)39/h1-32H.